The Morgan fingerprint density at radius 3 is 2.59 bits per heavy atom. The molecule has 1 N–H and O–H groups in total. The third kappa shape index (κ3) is 4.36. The summed E-state index contributed by atoms with van der Waals surface area (Å²) in [5.41, 5.74) is 1.88. The Morgan fingerprint density at radius 1 is 1.11 bits per heavy atom. The van der Waals surface area contributed by atoms with E-state index in [2.05, 4.69) is 20.3 Å². The number of anilines is 1. The Balaban J connectivity index is 1.85. The number of hydrogen-bond acceptors (Lipinski definition) is 5. The van der Waals surface area contributed by atoms with Gasteiger partial charge in [0.15, 0.2) is 5.82 Å². The summed E-state index contributed by atoms with van der Waals surface area (Å²) in [5.74, 6) is 0.454. The molecular formula is C20H23N5O2. The molecule has 0 aliphatic carbocycles. The van der Waals surface area contributed by atoms with Gasteiger partial charge in [-0.2, -0.15) is 0 Å². The SMILES string of the molecule is CCCCC(=O)Nc1cnc(-c2ccc3ncn(CCC)c(=O)c3c2)nc1. The molecule has 3 rings (SSSR count). The minimum Gasteiger partial charge on any atom is -0.323 e. The van der Waals surface area contributed by atoms with Crippen LogP contribution in [0.15, 0.2) is 41.7 Å². The van der Waals surface area contributed by atoms with Gasteiger partial charge in [0.05, 0.1) is 35.3 Å². The summed E-state index contributed by atoms with van der Waals surface area (Å²) in [6.07, 6.45) is 7.91. The third-order valence-electron chi connectivity index (χ3n) is 4.24. The minimum atomic E-state index is -0.0662. The lowest BCUT2D eigenvalue weighted by atomic mass is 10.1. The molecule has 0 unspecified atom stereocenters. The highest BCUT2D eigenvalue weighted by atomic mass is 16.1. The van der Waals surface area contributed by atoms with E-state index in [0.717, 1.165) is 24.8 Å². The van der Waals surface area contributed by atoms with E-state index in [1.165, 1.54) is 0 Å². The molecule has 2 heterocycles. The number of amides is 1. The Hall–Kier alpha value is -3.09. The number of nitrogens with zero attached hydrogens (tertiary/aromatic N) is 4. The van der Waals surface area contributed by atoms with Crippen molar-refractivity contribution in [1.82, 2.24) is 19.5 Å². The summed E-state index contributed by atoms with van der Waals surface area (Å²) in [4.78, 5) is 37.4. The fourth-order valence-corrected chi connectivity index (χ4v) is 2.80. The Labute approximate surface area is 157 Å². The van der Waals surface area contributed by atoms with Crippen molar-refractivity contribution in [2.75, 3.05) is 5.32 Å². The number of carbonyl (C=O) groups is 1. The first-order valence-corrected chi connectivity index (χ1v) is 9.23. The molecule has 1 aromatic carbocycles. The van der Waals surface area contributed by atoms with E-state index in [4.69, 9.17) is 0 Å². The van der Waals surface area contributed by atoms with Gasteiger partial charge in [0.2, 0.25) is 5.91 Å². The largest absolute Gasteiger partial charge is 0.323 e. The maximum absolute atomic E-state index is 12.6. The van der Waals surface area contributed by atoms with Gasteiger partial charge in [-0.15, -0.1) is 0 Å². The second kappa shape index (κ2) is 8.53. The van der Waals surface area contributed by atoms with E-state index >= 15 is 0 Å². The topological polar surface area (TPSA) is 89.8 Å². The van der Waals surface area contributed by atoms with Crippen molar-refractivity contribution >= 4 is 22.5 Å². The molecule has 0 bridgehead atoms. The van der Waals surface area contributed by atoms with Gasteiger partial charge in [0.25, 0.3) is 5.56 Å². The number of hydrogen-bond donors (Lipinski definition) is 1. The molecule has 140 valence electrons. The predicted octanol–water partition coefficient (Wildman–Crippen LogP) is 3.39. The van der Waals surface area contributed by atoms with Crippen LogP contribution in [-0.2, 0) is 11.3 Å². The number of rotatable bonds is 7. The van der Waals surface area contributed by atoms with E-state index in [0.29, 0.717) is 35.4 Å². The maximum atomic E-state index is 12.6. The van der Waals surface area contributed by atoms with Gasteiger partial charge in [0, 0.05) is 18.5 Å². The minimum absolute atomic E-state index is 0.0403. The highest BCUT2D eigenvalue weighted by Crippen LogP contribution is 2.19. The van der Waals surface area contributed by atoms with Crippen LogP contribution in [0.5, 0.6) is 0 Å². The van der Waals surface area contributed by atoms with Gasteiger partial charge in [-0.05, 0) is 31.0 Å². The van der Waals surface area contributed by atoms with Crippen LogP contribution >= 0.6 is 0 Å². The molecule has 0 radical (unpaired) electrons. The summed E-state index contributed by atoms with van der Waals surface area (Å²) in [6, 6.07) is 5.41. The van der Waals surface area contributed by atoms with Gasteiger partial charge in [-0.25, -0.2) is 15.0 Å². The molecule has 0 aliphatic heterocycles. The molecule has 3 aromatic rings. The lowest BCUT2D eigenvalue weighted by Gasteiger charge is -2.07. The van der Waals surface area contributed by atoms with Crippen molar-refractivity contribution in [2.45, 2.75) is 46.1 Å². The van der Waals surface area contributed by atoms with E-state index in [9.17, 15) is 9.59 Å². The van der Waals surface area contributed by atoms with Gasteiger partial charge >= 0.3 is 0 Å². The van der Waals surface area contributed by atoms with Gasteiger partial charge in [-0.3, -0.25) is 14.2 Å². The van der Waals surface area contributed by atoms with Crippen LogP contribution in [0.1, 0.15) is 39.5 Å². The molecule has 1 amide bonds. The Bertz CT molecular complexity index is 995. The molecule has 7 nitrogen and oxygen atoms in total. The van der Waals surface area contributed by atoms with E-state index in [1.54, 1.807) is 35.4 Å². The maximum Gasteiger partial charge on any atom is 0.261 e. The van der Waals surface area contributed by atoms with Gasteiger partial charge in [0.1, 0.15) is 0 Å². The van der Waals surface area contributed by atoms with Crippen molar-refractivity contribution in [3.63, 3.8) is 0 Å². The quantitative estimate of drug-likeness (QED) is 0.693. The summed E-state index contributed by atoms with van der Waals surface area (Å²) in [6.45, 7) is 4.69. The molecule has 0 saturated heterocycles. The van der Waals surface area contributed by atoms with Crippen LogP contribution in [0.3, 0.4) is 0 Å². The third-order valence-corrected chi connectivity index (χ3v) is 4.24. The summed E-state index contributed by atoms with van der Waals surface area (Å²) in [7, 11) is 0. The van der Waals surface area contributed by atoms with Crippen LogP contribution in [0.2, 0.25) is 0 Å². The van der Waals surface area contributed by atoms with Crippen molar-refractivity contribution in [2.24, 2.45) is 0 Å². The molecule has 2 aromatic heterocycles. The molecule has 0 saturated carbocycles. The van der Waals surface area contributed by atoms with E-state index in [-0.39, 0.29) is 11.5 Å². The Morgan fingerprint density at radius 2 is 1.89 bits per heavy atom. The van der Waals surface area contributed by atoms with Crippen LogP contribution < -0.4 is 10.9 Å². The van der Waals surface area contributed by atoms with Crippen LogP contribution in [0, 0.1) is 0 Å². The smallest absolute Gasteiger partial charge is 0.261 e. The summed E-state index contributed by atoms with van der Waals surface area (Å²) in [5, 5.41) is 3.33. The predicted molar refractivity (Wildman–Crippen MR) is 105 cm³/mol. The average Bonchev–Trinajstić information content (AvgIpc) is 2.69. The van der Waals surface area contributed by atoms with E-state index < -0.39 is 0 Å². The monoisotopic (exact) mass is 365 g/mol. The lowest BCUT2D eigenvalue weighted by molar-refractivity contribution is -0.116. The number of benzene rings is 1. The number of fused-ring (bicyclic) bond motifs is 1. The zero-order valence-electron chi connectivity index (χ0n) is 15.6. The molecule has 0 atom stereocenters. The van der Waals surface area contributed by atoms with Crippen molar-refractivity contribution in [1.29, 1.82) is 0 Å². The number of aryl methyl sites for hydroxylation is 1. The molecule has 0 aliphatic rings. The van der Waals surface area contributed by atoms with Crippen molar-refractivity contribution in [3.8, 4) is 11.4 Å². The van der Waals surface area contributed by atoms with Gasteiger partial charge < -0.3 is 5.32 Å². The highest BCUT2D eigenvalue weighted by Gasteiger charge is 2.09. The van der Waals surface area contributed by atoms with Crippen molar-refractivity contribution < 1.29 is 4.79 Å². The van der Waals surface area contributed by atoms with Crippen LogP contribution in [0.4, 0.5) is 5.69 Å². The fraction of sp³-hybridized carbons (Fsp3) is 0.350. The second-order valence-electron chi connectivity index (χ2n) is 6.42. The van der Waals surface area contributed by atoms with E-state index in [1.807, 2.05) is 19.9 Å². The lowest BCUT2D eigenvalue weighted by Crippen LogP contribution is -2.20. The number of aromatic nitrogens is 4. The molecular weight excluding hydrogens is 342 g/mol. The van der Waals surface area contributed by atoms with Gasteiger partial charge in [-0.1, -0.05) is 20.3 Å². The fourth-order valence-electron chi connectivity index (χ4n) is 2.80. The summed E-state index contributed by atoms with van der Waals surface area (Å²) >= 11 is 0. The Kier molecular flexibility index (Phi) is 5.90. The molecule has 0 fully saturated rings. The van der Waals surface area contributed by atoms with Crippen LogP contribution in [0.25, 0.3) is 22.3 Å². The molecule has 7 heteroatoms. The summed E-state index contributed by atoms with van der Waals surface area (Å²) < 4.78 is 1.61. The number of unbranched alkanes of at least 4 members (excludes halogenated alkanes) is 1. The first-order valence-electron chi connectivity index (χ1n) is 9.23. The first kappa shape index (κ1) is 18.7. The molecule has 27 heavy (non-hydrogen) atoms. The first-order chi connectivity index (χ1) is 13.1. The highest BCUT2D eigenvalue weighted by molar-refractivity contribution is 5.90. The standard InChI is InChI=1S/C20H23N5O2/c1-3-5-6-18(26)24-15-11-21-19(22-12-15)14-7-8-17-16(10-14)20(27)25(9-4-2)13-23-17/h7-8,10-13H,3-6,9H2,1-2H3,(H,24,26). The number of carbonyl (C=O) groups excluding carboxylic acids is 1. The normalized spacial score (nSPS) is 10.9. The second-order valence-corrected chi connectivity index (χ2v) is 6.42. The molecule has 0 spiro atoms. The zero-order chi connectivity index (χ0) is 19.2. The zero-order valence-corrected chi connectivity index (χ0v) is 15.6. The average molecular weight is 365 g/mol. The van der Waals surface area contributed by atoms with Crippen LogP contribution in [-0.4, -0.2) is 25.4 Å². The van der Waals surface area contributed by atoms with Crippen molar-refractivity contribution in [3.05, 3.63) is 47.3 Å². The number of nitrogens with one attached hydrogen (secondary N) is 1.